The average molecular weight is 549 g/mol. The van der Waals surface area contributed by atoms with E-state index < -0.39 is 27.8 Å². The lowest BCUT2D eigenvalue weighted by molar-refractivity contribution is -0.123. The summed E-state index contributed by atoms with van der Waals surface area (Å²) in [4.78, 5) is 31.3. The second kappa shape index (κ2) is 10.5. The lowest BCUT2D eigenvalue weighted by Crippen LogP contribution is -2.42. The minimum atomic E-state index is -3.98. The molecule has 0 spiro atoms. The number of anilines is 1. The van der Waals surface area contributed by atoms with Crippen molar-refractivity contribution in [2.24, 2.45) is 5.92 Å². The molecule has 11 heteroatoms. The number of aryl methyl sites for hydroxylation is 1. The summed E-state index contributed by atoms with van der Waals surface area (Å²) in [5.41, 5.74) is 0.919. The Balaban J connectivity index is 1.69. The van der Waals surface area contributed by atoms with Gasteiger partial charge in [-0.25, -0.2) is 22.9 Å². The summed E-state index contributed by atoms with van der Waals surface area (Å²) in [5.74, 6) is -1.16. The Hall–Kier alpha value is -2.97. The van der Waals surface area contributed by atoms with Gasteiger partial charge in [0.1, 0.15) is 11.9 Å². The molecule has 1 aliphatic rings. The Kier molecular flexibility index (Phi) is 7.94. The number of hydrogen-bond donors (Lipinski definition) is 1. The van der Waals surface area contributed by atoms with E-state index in [4.69, 9.17) is 4.74 Å². The number of nitrogens with one attached hydrogen (secondary N) is 1. The van der Waals surface area contributed by atoms with Crippen molar-refractivity contribution < 1.29 is 22.7 Å². The monoisotopic (exact) mass is 548 g/mol. The molecule has 0 unspecified atom stereocenters. The van der Waals surface area contributed by atoms with Crippen molar-refractivity contribution in [1.29, 1.82) is 5.26 Å². The number of rotatable bonds is 6. The van der Waals surface area contributed by atoms with Crippen LogP contribution in [-0.2, 0) is 19.6 Å². The third kappa shape index (κ3) is 5.93. The van der Waals surface area contributed by atoms with Crippen LogP contribution in [0.1, 0.15) is 48.3 Å². The summed E-state index contributed by atoms with van der Waals surface area (Å²) in [7, 11) is -3.98. The van der Waals surface area contributed by atoms with Crippen LogP contribution in [0.3, 0.4) is 0 Å². The zero-order valence-corrected chi connectivity index (χ0v) is 21.4. The molecule has 0 radical (unpaired) electrons. The van der Waals surface area contributed by atoms with Gasteiger partial charge in [0.2, 0.25) is 5.91 Å². The first-order chi connectivity index (χ1) is 16.0. The quantitative estimate of drug-likeness (QED) is 0.544. The fourth-order valence-electron chi connectivity index (χ4n) is 3.66. The van der Waals surface area contributed by atoms with E-state index in [1.165, 1.54) is 18.2 Å². The number of ether oxygens (including phenoxy) is 1. The lowest BCUT2D eigenvalue weighted by atomic mass is 9.96. The van der Waals surface area contributed by atoms with Crippen LogP contribution in [0.2, 0.25) is 0 Å². The third-order valence-electron chi connectivity index (χ3n) is 5.38. The van der Waals surface area contributed by atoms with E-state index in [0.29, 0.717) is 41.9 Å². The van der Waals surface area contributed by atoms with Gasteiger partial charge in [-0.2, -0.15) is 5.26 Å². The SMILES string of the molecule is Cc1nc(N2CCC(C(=O)NS(=O)(=O)c3cccc(Br)c3)CC2)c(C#N)cc1C(=O)OC(C)C. The number of aromatic nitrogens is 1. The van der Waals surface area contributed by atoms with Gasteiger partial charge in [0.25, 0.3) is 10.0 Å². The molecule has 0 atom stereocenters. The maximum atomic E-state index is 12.7. The Morgan fingerprint density at radius 2 is 1.94 bits per heavy atom. The van der Waals surface area contributed by atoms with Crippen LogP contribution < -0.4 is 9.62 Å². The van der Waals surface area contributed by atoms with Crippen molar-refractivity contribution in [2.45, 2.75) is 44.6 Å². The molecule has 1 aromatic heterocycles. The number of halogens is 1. The van der Waals surface area contributed by atoms with Crippen molar-refractivity contribution in [3.8, 4) is 6.07 Å². The normalized spacial score (nSPS) is 14.5. The molecule has 1 N–H and O–H groups in total. The lowest BCUT2D eigenvalue weighted by Gasteiger charge is -2.32. The Morgan fingerprint density at radius 3 is 2.53 bits per heavy atom. The number of carbonyl (C=O) groups is 2. The predicted octanol–water partition coefficient (Wildman–Crippen LogP) is 3.31. The molecule has 0 saturated carbocycles. The number of carbonyl (C=O) groups excluding carboxylic acids is 2. The Labute approximate surface area is 207 Å². The molecule has 1 aromatic carbocycles. The molecule has 34 heavy (non-hydrogen) atoms. The summed E-state index contributed by atoms with van der Waals surface area (Å²) in [5, 5.41) is 9.62. The Morgan fingerprint density at radius 1 is 1.26 bits per heavy atom. The molecule has 2 heterocycles. The minimum absolute atomic E-state index is 0.00193. The number of esters is 1. The van der Waals surface area contributed by atoms with Crippen LogP contribution >= 0.6 is 15.9 Å². The maximum absolute atomic E-state index is 12.7. The molecule has 1 fully saturated rings. The first-order valence-corrected chi connectivity index (χ1v) is 13.0. The number of sulfonamides is 1. The van der Waals surface area contributed by atoms with Crippen LogP contribution in [0.25, 0.3) is 0 Å². The van der Waals surface area contributed by atoms with E-state index in [1.54, 1.807) is 32.9 Å². The molecule has 1 saturated heterocycles. The van der Waals surface area contributed by atoms with Crippen molar-refractivity contribution in [1.82, 2.24) is 9.71 Å². The number of piperidine rings is 1. The number of hydrogen-bond acceptors (Lipinski definition) is 8. The van der Waals surface area contributed by atoms with E-state index >= 15 is 0 Å². The van der Waals surface area contributed by atoms with Crippen molar-refractivity contribution in [2.75, 3.05) is 18.0 Å². The summed E-state index contributed by atoms with van der Waals surface area (Å²) in [6, 6.07) is 9.68. The fourth-order valence-corrected chi connectivity index (χ4v) is 5.30. The highest BCUT2D eigenvalue weighted by molar-refractivity contribution is 9.10. The minimum Gasteiger partial charge on any atom is -0.459 e. The van der Waals surface area contributed by atoms with Gasteiger partial charge < -0.3 is 9.64 Å². The zero-order valence-electron chi connectivity index (χ0n) is 19.0. The van der Waals surface area contributed by atoms with Crippen LogP contribution in [0.15, 0.2) is 39.7 Å². The van der Waals surface area contributed by atoms with E-state index in [2.05, 4.69) is 31.7 Å². The standard InChI is InChI=1S/C23H25BrN4O5S/c1-14(2)33-23(30)20-11-17(13-25)21(26-15(20)3)28-9-7-16(8-10-28)22(29)27-34(31,32)19-6-4-5-18(24)12-19/h4-6,11-12,14,16H,7-10H2,1-3H3,(H,27,29). The van der Waals surface area contributed by atoms with E-state index in [1.807, 2.05) is 4.90 Å². The first-order valence-electron chi connectivity index (χ1n) is 10.7. The zero-order chi connectivity index (χ0) is 25.0. The van der Waals surface area contributed by atoms with Gasteiger partial charge in [0.15, 0.2) is 0 Å². The van der Waals surface area contributed by atoms with E-state index in [-0.39, 0.29) is 22.1 Å². The number of benzene rings is 1. The average Bonchev–Trinajstić information content (AvgIpc) is 2.78. The van der Waals surface area contributed by atoms with Gasteiger partial charge in [-0.05, 0) is 57.9 Å². The van der Waals surface area contributed by atoms with Crippen molar-refractivity contribution >= 4 is 43.6 Å². The van der Waals surface area contributed by atoms with Gasteiger partial charge >= 0.3 is 5.97 Å². The van der Waals surface area contributed by atoms with E-state index in [0.717, 1.165) is 0 Å². The highest BCUT2D eigenvalue weighted by Crippen LogP contribution is 2.27. The largest absolute Gasteiger partial charge is 0.459 e. The van der Waals surface area contributed by atoms with Gasteiger partial charge in [0, 0.05) is 23.5 Å². The van der Waals surface area contributed by atoms with Crippen LogP contribution in [0, 0.1) is 24.2 Å². The number of nitrogens with zero attached hydrogens (tertiary/aromatic N) is 3. The second-order valence-corrected chi connectivity index (χ2v) is 10.8. The van der Waals surface area contributed by atoms with Crippen LogP contribution in [0.5, 0.6) is 0 Å². The number of nitriles is 1. The molecular formula is C23H25BrN4O5S. The van der Waals surface area contributed by atoms with Crippen LogP contribution in [-0.4, -0.2) is 44.5 Å². The summed E-state index contributed by atoms with van der Waals surface area (Å²) >= 11 is 3.23. The Bertz CT molecular complexity index is 1250. The summed E-state index contributed by atoms with van der Waals surface area (Å²) in [6.07, 6.45) is 0.486. The third-order valence-corrected chi connectivity index (χ3v) is 7.22. The van der Waals surface area contributed by atoms with Gasteiger partial charge in [-0.15, -0.1) is 0 Å². The highest BCUT2D eigenvalue weighted by Gasteiger charge is 2.30. The molecular weight excluding hydrogens is 524 g/mol. The molecule has 0 aliphatic carbocycles. The number of pyridine rings is 1. The molecule has 1 amide bonds. The van der Waals surface area contributed by atoms with Crippen LogP contribution in [0.4, 0.5) is 5.82 Å². The summed E-state index contributed by atoms with van der Waals surface area (Å²) in [6.45, 7) is 5.97. The van der Waals surface area contributed by atoms with Gasteiger partial charge in [-0.1, -0.05) is 22.0 Å². The molecule has 1 aliphatic heterocycles. The van der Waals surface area contributed by atoms with Crippen molar-refractivity contribution in [3.63, 3.8) is 0 Å². The molecule has 2 aromatic rings. The second-order valence-electron chi connectivity index (χ2n) is 8.25. The summed E-state index contributed by atoms with van der Waals surface area (Å²) < 4.78 is 33.1. The highest BCUT2D eigenvalue weighted by atomic mass is 79.9. The van der Waals surface area contributed by atoms with Crippen molar-refractivity contribution in [3.05, 3.63) is 51.6 Å². The number of amides is 1. The van der Waals surface area contributed by atoms with E-state index in [9.17, 15) is 23.3 Å². The molecule has 9 nitrogen and oxygen atoms in total. The maximum Gasteiger partial charge on any atom is 0.340 e. The van der Waals surface area contributed by atoms with Gasteiger partial charge in [-0.3, -0.25) is 4.79 Å². The first kappa shape index (κ1) is 25.6. The molecule has 3 rings (SSSR count). The predicted molar refractivity (Wildman–Crippen MR) is 129 cm³/mol. The molecule has 0 bridgehead atoms. The smallest absolute Gasteiger partial charge is 0.340 e. The molecule has 180 valence electrons. The van der Waals surface area contributed by atoms with Gasteiger partial charge in [0.05, 0.1) is 27.8 Å². The fraction of sp³-hybridized carbons (Fsp3) is 0.391. The topological polar surface area (TPSA) is 129 Å².